The minimum Gasteiger partial charge on any atom is -0.493 e. The SMILES string of the molecule is CCOc1cc(C=CC(=O)N(CC(=O)O)C2CC2)ccc1OC. The van der Waals surface area contributed by atoms with Crippen molar-refractivity contribution in [1.29, 1.82) is 0 Å². The summed E-state index contributed by atoms with van der Waals surface area (Å²) in [6.45, 7) is 2.13. The van der Waals surface area contributed by atoms with Crippen LogP contribution >= 0.6 is 0 Å². The number of carbonyl (C=O) groups is 2. The molecule has 1 N–H and O–H groups in total. The Kier molecular flexibility index (Phi) is 5.62. The van der Waals surface area contributed by atoms with Crippen LogP contribution in [0.25, 0.3) is 6.08 Å². The van der Waals surface area contributed by atoms with Gasteiger partial charge < -0.3 is 19.5 Å². The predicted molar refractivity (Wildman–Crippen MR) is 85.6 cm³/mol. The van der Waals surface area contributed by atoms with E-state index in [4.69, 9.17) is 14.6 Å². The average Bonchev–Trinajstić information content (AvgIpc) is 3.35. The Hall–Kier alpha value is -2.50. The number of carboxylic acids is 1. The van der Waals surface area contributed by atoms with Crippen molar-refractivity contribution in [3.8, 4) is 11.5 Å². The van der Waals surface area contributed by atoms with E-state index >= 15 is 0 Å². The number of benzene rings is 1. The van der Waals surface area contributed by atoms with E-state index in [1.807, 2.05) is 13.0 Å². The van der Waals surface area contributed by atoms with Crippen molar-refractivity contribution in [2.75, 3.05) is 20.3 Å². The van der Waals surface area contributed by atoms with Crippen molar-refractivity contribution in [1.82, 2.24) is 4.90 Å². The van der Waals surface area contributed by atoms with Gasteiger partial charge in [0.25, 0.3) is 0 Å². The second-order valence-corrected chi connectivity index (χ2v) is 5.27. The van der Waals surface area contributed by atoms with Gasteiger partial charge in [-0.2, -0.15) is 0 Å². The van der Waals surface area contributed by atoms with E-state index in [-0.39, 0.29) is 18.5 Å². The van der Waals surface area contributed by atoms with Crippen LogP contribution in [0.1, 0.15) is 25.3 Å². The highest BCUT2D eigenvalue weighted by molar-refractivity contribution is 5.94. The predicted octanol–water partition coefficient (Wildman–Crippen LogP) is 2.18. The first-order valence-corrected chi connectivity index (χ1v) is 7.56. The summed E-state index contributed by atoms with van der Waals surface area (Å²) >= 11 is 0. The Bertz CT molecular complexity index is 607. The molecule has 0 atom stereocenters. The molecule has 1 aromatic carbocycles. The standard InChI is InChI=1S/C17H21NO5/c1-3-23-15-10-12(4-8-14(15)22-2)5-9-16(19)18(11-17(20)21)13-6-7-13/h4-5,8-10,13H,3,6-7,11H2,1-2H3,(H,20,21). The Morgan fingerprint density at radius 2 is 2.09 bits per heavy atom. The van der Waals surface area contributed by atoms with Crippen molar-refractivity contribution in [2.45, 2.75) is 25.8 Å². The van der Waals surface area contributed by atoms with Crippen molar-refractivity contribution < 1.29 is 24.2 Å². The average molecular weight is 319 g/mol. The lowest BCUT2D eigenvalue weighted by atomic mass is 10.2. The second kappa shape index (κ2) is 7.67. The minimum absolute atomic E-state index is 0.0538. The molecule has 1 aliphatic carbocycles. The fraction of sp³-hybridized carbons (Fsp3) is 0.412. The maximum atomic E-state index is 12.2. The van der Waals surface area contributed by atoms with Crippen molar-refractivity contribution in [3.05, 3.63) is 29.8 Å². The summed E-state index contributed by atoms with van der Waals surface area (Å²) in [5, 5.41) is 8.90. The first kappa shape index (κ1) is 16.9. The quantitative estimate of drug-likeness (QED) is 0.743. The highest BCUT2D eigenvalue weighted by atomic mass is 16.5. The molecule has 0 spiro atoms. The van der Waals surface area contributed by atoms with Gasteiger partial charge in [0.1, 0.15) is 6.54 Å². The molecule has 0 unspecified atom stereocenters. The fourth-order valence-electron chi connectivity index (χ4n) is 2.25. The van der Waals surface area contributed by atoms with Gasteiger partial charge in [0, 0.05) is 12.1 Å². The molecule has 0 heterocycles. The monoisotopic (exact) mass is 319 g/mol. The summed E-state index contributed by atoms with van der Waals surface area (Å²) in [5.41, 5.74) is 0.786. The van der Waals surface area contributed by atoms with Crippen molar-refractivity contribution in [2.24, 2.45) is 0 Å². The number of carbonyl (C=O) groups excluding carboxylic acids is 1. The van der Waals surface area contributed by atoms with Gasteiger partial charge in [-0.3, -0.25) is 9.59 Å². The smallest absolute Gasteiger partial charge is 0.323 e. The molecule has 1 amide bonds. The van der Waals surface area contributed by atoms with Crippen molar-refractivity contribution >= 4 is 18.0 Å². The molecule has 23 heavy (non-hydrogen) atoms. The van der Waals surface area contributed by atoms with E-state index in [2.05, 4.69) is 0 Å². The van der Waals surface area contributed by atoms with Crippen LogP contribution in [0.15, 0.2) is 24.3 Å². The van der Waals surface area contributed by atoms with Crippen LogP contribution in [0.5, 0.6) is 11.5 Å². The Morgan fingerprint density at radius 3 is 2.65 bits per heavy atom. The zero-order valence-corrected chi connectivity index (χ0v) is 13.3. The molecule has 1 aliphatic rings. The van der Waals surface area contributed by atoms with Crippen LogP contribution in [0.3, 0.4) is 0 Å². The number of methoxy groups -OCH3 is 1. The number of nitrogens with zero attached hydrogens (tertiary/aromatic N) is 1. The zero-order valence-electron chi connectivity index (χ0n) is 13.3. The van der Waals surface area contributed by atoms with Gasteiger partial charge in [-0.15, -0.1) is 0 Å². The molecular formula is C17H21NO5. The molecule has 2 rings (SSSR count). The first-order valence-electron chi connectivity index (χ1n) is 7.56. The molecule has 124 valence electrons. The number of aliphatic carboxylic acids is 1. The van der Waals surface area contributed by atoms with Gasteiger partial charge in [-0.1, -0.05) is 6.07 Å². The van der Waals surface area contributed by atoms with Gasteiger partial charge in [0.2, 0.25) is 5.91 Å². The summed E-state index contributed by atoms with van der Waals surface area (Å²) in [7, 11) is 1.57. The van der Waals surface area contributed by atoms with E-state index in [9.17, 15) is 9.59 Å². The number of amides is 1. The lowest BCUT2D eigenvalue weighted by Crippen LogP contribution is -2.36. The summed E-state index contributed by atoms with van der Waals surface area (Å²) in [5.74, 6) is -0.0552. The van der Waals surface area contributed by atoms with Gasteiger partial charge in [0.15, 0.2) is 11.5 Å². The molecule has 0 aliphatic heterocycles. The number of ether oxygens (including phenoxy) is 2. The fourth-order valence-corrected chi connectivity index (χ4v) is 2.25. The topological polar surface area (TPSA) is 76.1 Å². The Balaban J connectivity index is 2.10. The van der Waals surface area contributed by atoms with Crippen molar-refractivity contribution in [3.63, 3.8) is 0 Å². The number of rotatable bonds is 8. The highest BCUT2D eigenvalue weighted by Gasteiger charge is 2.32. The third-order valence-corrected chi connectivity index (χ3v) is 3.48. The molecular weight excluding hydrogens is 298 g/mol. The number of carboxylic acid groups (broad SMARTS) is 1. The molecule has 0 saturated heterocycles. The molecule has 1 aromatic rings. The molecule has 1 fully saturated rings. The third-order valence-electron chi connectivity index (χ3n) is 3.48. The van der Waals surface area contributed by atoms with Gasteiger partial charge >= 0.3 is 5.97 Å². The van der Waals surface area contributed by atoms with Crippen LogP contribution < -0.4 is 9.47 Å². The second-order valence-electron chi connectivity index (χ2n) is 5.27. The van der Waals surface area contributed by atoms with E-state index in [1.165, 1.54) is 11.0 Å². The van der Waals surface area contributed by atoms with Crippen LogP contribution in [0.4, 0.5) is 0 Å². The zero-order chi connectivity index (χ0) is 16.8. The van der Waals surface area contributed by atoms with Crippen LogP contribution in [0, 0.1) is 0 Å². The maximum absolute atomic E-state index is 12.2. The van der Waals surface area contributed by atoms with E-state index in [0.29, 0.717) is 18.1 Å². The minimum atomic E-state index is -0.998. The number of hydrogen-bond donors (Lipinski definition) is 1. The molecule has 0 bridgehead atoms. The Labute approximate surface area is 135 Å². The number of hydrogen-bond acceptors (Lipinski definition) is 4. The molecule has 1 saturated carbocycles. The maximum Gasteiger partial charge on any atom is 0.323 e. The van der Waals surface area contributed by atoms with Gasteiger partial charge in [-0.05, 0) is 43.5 Å². The largest absolute Gasteiger partial charge is 0.493 e. The molecule has 0 aromatic heterocycles. The third kappa shape index (κ3) is 4.74. The summed E-state index contributed by atoms with van der Waals surface area (Å²) in [6, 6.07) is 5.41. The summed E-state index contributed by atoms with van der Waals surface area (Å²) in [4.78, 5) is 24.4. The summed E-state index contributed by atoms with van der Waals surface area (Å²) < 4.78 is 10.7. The van der Waals surface area contributed by atoms with Gasteiger partial charge in [0.05, 0.1) is 13.7 Å². The first-order chi connectivity index (χ1) is 11.0. The van der Waals surface area contributed by atoms with E-state index in [1.54, 1.807) is 25.3 Å². The van der Waals surface area contributed by atoms with E-state index in [0.717, 1.165) is 18.4 Å². The van der Waals surface area contributed by atoms with E-state index < -0.39 is 5.97 Å². The van der Waals surface area contributed by atoms with Crippen LogP contribution in [-0.2, 0) is 9.59 Å². The Morgan fingerprint density at radius 1 is 1.35 bits per heavy atom. The normalized spacial score (nSPS) is 13.8. The van der Waals surface area contributed by atoms with Gasteiger partial charge in [-0.25, -0.2) is 0 Å². The molecule has 0 radical (unpaired) electrons. The highest BCUT2D eigenvalue weighted by Crippen LogP contribution is 2.29. The lowest BCUT2D eigenvalue weighted by Gasteiger charge is -2.18. The lowest BCUT2D eigenvalue weighted by molar-refractivity contribution is -0.143. The van der Waals surface area contributed by atoms with Crippen LogP contribution in [0.2, 0.25) is 0 Å². The molecule has 6 heteroatoms. The van der Waals surface area contributed by atoms with Crippen LogP contribution in [-0.4, -0.2) is 48.2 Å². The summed E-state index contributed by atoms with van der Waals surface area (Å²) in [6.07, 6.45) is 4.79. The molecule has 6 nitrogen and oxygen atoms in total.